The number of rotatable bonds is 6. The molecule has 1 saturated heterocycles. The number of fused-ring (bicyclic) bond motifs is 1. The lowest BCUT2D eigenvalue weighted by atomic mass is 9.84. The number of ketones is 2. The fourth-order valence-electron chi connectivity index (χ4n) is 3.79. The average molecular weight is 355 g/mol. The molecule has 4 nitrogen and oxygen atoms in total. The summed E-state index contributed by atoms with van der Waals surface area (Å²) in [6.45, 7) is 9.75. The summed E-state index contributed by atoms with van der Waals surface area (Å²) in [4.78, 5) is 27.6. The van der Waals surface area contributed by atoms with Gasteiger partial charge in [0.25, 0.3) is 0 Å². The van der Waals surface area contributed by atoms with Crippen LogP contribution in [0.1, 0.15) is 61.0 Å². The minimum atomic E-state index is -0.430. The van der Waals surface area contributed by atoms with Crippen molar-refractivity contribution in [1.82, 2.24) is 4.90 Å². The number of benzene rings is 1. The predicted molar refractivity (Wildman–Crippen MR) is 104 cm³/mol. The first-order valence-electron chi connectivity index (χ1n) is 9.78. The third-order valence-corrected chi connectivity index (χ3v) is 5.33. The Bertz CT molecular complexity index is 727. The van der Waals surface area contributed by atoms with Crippen molar-refractivity contribution < 1.29 is 14.3 Å². The Balaban J connectivity index is 1.73. The zero-order valence-electron chi connectivity index (χ0n) is 16.1. The molecule has 4 heteroatoms. The number of allylic oxidation sites excluding steroid dienone is 1. The molecule has 0 aromatic heterocycles. The van der Waals surface area contributed by atoms with Crippen LogP contribution >= 0.6 is 0 Å². The minimum Gasteiger partial charge on any atom is -0.492 e. The number of hydrogen-bond acceptors (Lipinski definition) is 4. The normalized spacial score (nSPS) is 18.1. The summed E-state index contributed by atoms with van der Waals surface area (Å²) in [5.74, 6) is -0.203. The van der Waals surface area contributed by atoms with Crippen molar-refractivity contribution in [3.63, 3.8) is 0 Å². The molecule has 0 radical (unpaired) electrons. The number of aryl methyl sites for hydroxylation is 1. The molecule has 1 aromatic carbocycles. The van der Waals surface area contributed by atoms with E-state index in [1.54, 1.807) is 0 Å². The summed E-state index contributed by atoms with van der Waals surface area (Å²) in [5, 5.41) is 0. The summed E-state index contributed by atoms with van der Waals surface area (Å²) >= 11 is 0. The predicted octanol–water partition coefficient (Wildman–Crippen LogP) is 4.05. The molecule has 1 heterocycles. The first kappa shape index (κ1) is 18.8. The first-order valence-corrected chi connectivity index (χ1v) is 9.78. The fourth-order valence-corrected chi connectivity index (χ4v) is 3.79. The molecule has 1 aromatic rings. The molecule has 0 atom stereocenters. The molecule has 0 unspecified atom stereocenters. The highest BCUT2D eigenvalue weighted by atomic mass is 16.5. The van der Waals surface area contributed by atoms with Crippen molar-refractivity contribution >= 4 is 17.6 Å². The van der Waals surface area contributed by atoms with E-state index in [4.69, 9.17) is 4.74 Å². The maximum atomic E-state index is 12.7. The molecule has 26 heavy (non-hydrogen) atoms. The zero-order valence-corrected chi connectivity index (χ0v) is 16.1. The van der Waals surface area contributed by atoms with Crippen molar-refractivity contribution in [3.05, 3.63) is 34.4 Å². The molecular formula is C22H29NO3. The van der Waals surface area contributed by atoms with Gasteiger partial charge in [-0.25, -0.2) is 0 Å². The van der Waals surface area contributed by atoms with E-state index >= 15 is 0 Å². The number of nitrogens with zero attached hydrogens (tertiary/aromatic N) is 1. The Hall–Kier alpha value is -1.94. The van der Waals surface area contributed by atoms with E-state index in [0.29, 0.717) is 23.5 Å². The second-order valence-electron chi connectivity index (χ2n) is 7.69. The van der Waals surface area contributed by atoms with Gasteiger partial charge in [0.1, 0.15) is 5.75 Å². The van der Waals surface area contributed by atoms with Gasteiger partial charge in [-0.05, 0) is 62.4 Å². The summed E-state index contributed by atoms with van der Waals surface area (Å²) in [6, 6.07) is 3.88. The zero-order chi connectivity index (χ0) is 18.7. The van der Waals surface area contributed by atoms with Gasteiger partial charge in [-0.15, -0.1) is 0 Å². The van der Waals surface area contributed by atoms with Gasteiger partial charge < -0.3 is 9.64 Å². The van der Waals surface area contributed by atoms with E-state index in [-0.39, 0.29) is 5.92 Å². The Morgan fingerprint density at radius 2 is 1.81 bits per heavy atom. The molecule has 0 saturated carbocycles. The molecule has 0 N–H and O–H groups in total. The lowest BCUT2D eigenvalue weighted by molar-refractivity contribution is -0.112. The van der Waals surface area contributed by atoms with Crippen LogP contribution in [0.15, 0.2) is 17.7 Å². The molecule has 2 aliphatic rings. The van der Waals surface area contributed by atoms with Crippen LogP contribution in [0.3, 0.4) is 0 Å². The largest absolute Gasteiger partial charge is 0.492 e. The number of Topliss-reactive ketones (excluding diaryl/α,β-unsaturated/α-hetero) is 2. The van der Waals surface area contributed by atoms with Crippen LogP contribution in [0.25, 0.3) is 6.08 Å². The molecule has 1 fully saturated rings. The van der Waals surface area contributed by atoms with E-state index in [1.807, 2.05) is 39.0 Å². The molecule has 0 spiro atoms. The van der Waals surface area contributed by atoms with E-state index in [1.165, 1.54) is 32.4 Å². The van der Waals surface area contributed by atoms with Crippen molar-refractivity contribution in [3.8, 4) is 5.75 Å². The Labute approximate surface area is 156 Å². The van der Waals surface area contributed by atoms with Gasteiger partial charge in [0.05, 0.1) is 12.2 Å². The van der Waals surface area contributed by atoms with Gasteiger partial charge in [0.2, 0.25) is 11.6 Å². The second kappa shape index (κ2) is 8.17. The molecule has 0 bridgehead atoms. The summed E-state index contributed by atoms with van der Waals surface area (Å²) in [6.07, 6.45) is 6.69. The quantitative estimate of drug-likeness (QED) is 0.570. The topological polar surface area (TPSA) is 46.6 Å². The number of likely N-dealkylation sites (tertiary alicyclic amines) is 1. The van der Waals surface area contributed by atoms with Crippen LogP contribution in [-0.2, 0) is 4.79 Å². The fraction of sp³-hybridized carbons (Fsp3) is 0.545. The lowest BCUT2D eigenvalue weighted by Crippen LogP contribution is -2.31. The van der Waals surface area contributed by atoms with Crippen LogP contribution in [0, 0.1) is 12.8 Å². The van der Waals surface area contributed by atoms with E-state index in [0.717, 1.165) is 24.1 Å². The first-order chi connectivity index (χ1) is 12.5. The lowest BCUT2D eigenvalue weighted by Gasteiger charge is -2.26. The monoisotopic (exact) mass is 355 g/mol. The summed E-state index contributed by atoms with van der Waals surface area (Å²) < 4.78 is 6.01. The molecular weight excluding hydrogens is 326 g/mol. The second-order valence-corrected chi connectivity index (χ2v) is 7.69. The van der Waals surface area contributed by atoms with E-state index in [9.17, 15) is 9.59 Å². The highest BCUT2D eigenvalue weighted by Crippen LogP contribution is 2.34. The van der Waals surface area contributed by atoms with Crippen LogP contribution in [-0.4, -0.2) is 42.7 Å². The number of ether oxygens (including phenoxy) is 1. The smallest absolute Gasteiger partial charge is 0.237 e. The Morgan fingerprint density at radius 1 is 1.08 bits per heavy atom. The van der Waals surface area contributed by atoms with Gasteiger partial charge >= 0.3 is 0 Å². The number of piperidine rings is 1. The Kier molecular flexibility index (Phi) is 5.92. The van der Waals surface area contributed by atoms with Crippen LogP contribution in [0.5, 0.6) is 5.75 Å². The SMILES string of the molecule is Cc1ccc2c(c1OCCCN1CCCCC1)C(=O)C(=O)C(C(C)C)=C2. The third-order valence-electron chi connectivity index (χ3n) is 5.33. The molecule has 0 amide bonds. The van der Waals surface area contributed by atoms with Gasteiger partial charge in [-0.3, -0.25) is 9.59 Å². The van der Waals surface area contributed by atoms with E-state index in [2.05, 4.69) is 4.90 Å². The summed E-state index contributed by atoms with van der Waals surface area (Å²) in [5.41, 5.74) is 2.74. The van der Waals surface area contributed by atoms with Crippen LogP contribution in [0.4, 0.5) is 0 Å². The average Bonchev–Trinajstić information content (AvgIpc) is 2.63. The maximum Gasteiger partial charge on any atom is 0.237 e. The van der Waals surface area contributed by atoms with E-state index < -0.39 is 11.6 Å². The van der Waals surface area contributed by atoms with Crippen molar-refractivity contribution in [2.45, 2.75) is 46.5 Å². The number of carbonyl (C=O) groups excluding carboxylic acids is 2. The third kappa shape index (κ3) is 3.90. The Morgan fingerprint density at radius 3 is 2.50 bits per heavy atom. The highest BCUT2D eigenvalue weighted by Gasteiger charge is 2.32. The highest BCUT2D eigenvalue weighted by molar-refractivity contribution is 6.52. The molecule has 3 rings (SSSR count). The van der Waals surface area contributed by atoms with Gasteiger partial charge in [0, 0.05) is 12.1 Å². The van der Waals surface area contributed by atoms with Gasteiger partial charge in [-0.1, -0.05) is 32.4 Å². The van der Waals surface area contributed by atoms with Gasteiger partial charge in [-0.2, -0.15) is 0 Å². The van der Waals surface area contributed by atoms with Crippen LogP contribution < -0.4 is 4.74 Å². The summed E-state index contributed by atoms with van der Waals surface area (Å²) in [7, 11) is 0. The van der Waals surface area contributed by atoms with Crippen molar-refractivity contribution in [1.29, 1.82) is 0 Å². The molecule has 140 valence electrons. The maximum absolute atomic E-state index is 12.7. The van der Waals surface area contributed by atoms with Crippen LogP contribution in [0.2, 0.25) is 0 Å². The molecule has 1 aliphatic heterocycles. The molecule has 1 aliphatic carbocycles. The van der Waals surface area contributed by atoms with Crippen molar-refractivity contribution in [2.75, 3.05) is 26.2 Å². The number of hydrogen-bond donors (Lipinski definition) is 0. The van der Waals surface area contributed by atoms with Crippen molar-refractivity contribution in [2.24, 2.45) is 5.92 Å². The minimum absolute atomic E-state index is 0.0369. The number of carbonyl (C=O) groups is 2. The van der Waals surface area contributed by atoms with Gasteiger partial charge in [0.15, 0.2) is 0 Å². The standard InChI is InChI=1S/C22H29NO3/c1-15(2)18-14-17-9-8-16(3)22(19(17)21(25)20(18)24)26-13-7-12-23-10-5-4-6-11-23/h8-9,14-15H,4-7,10-13H2,1-3H3.